The van der Waals surface area contributed by atoms with E-state index in [0.717, 1.165) is 11.8 Å². The number of thiocarbonyl (C=S) groups is 1. The maximum atomic E-state index is 13.5. The number of carbonyl (C=O) groups is 2. The number of rotatable bonds is 7. The first-order chi connectivity index (χ1) is 13.9. The zero-order valence-corrected chi connectivity index (χ0v) is 17.0. The van der Waals surface area contributed by atoms with Crippen molar-refractivity contribution < 1.29 is 23.5 Å². The molecular weight excluding hydrogens is 415 g/mol. The third kappa shape index (κ3) is 4.93. The lowest BCUT2D eigenvalue weighted by Crippen LogP contribution is -2.27. The van der Waals surface area contributed by atoms with Gasteiger partial charge in [0.1, 0.15) is 5.82 Å². The van der Waals surface area contributed by atoms with Crippen LogP contribution in [0.15, 0.2) is 47.4 Å². The van der Waals surface area contributed by atoms with Crippen LogP contribution in [0.25, 0.3) is 6.08 Å². The van der Waals surface area contributed by atoms with Crippen LogP contribution in [0, 0.1) is 5.82 Å². The van der Waals surface area contributed by atoms with E-state index in [9.17, 15) is 14.0 Å². The summed E-state index contributed by atoms with van der Waals surface area (Å²) in [6.07, 6.45) is 1.67. The summed E-state index contributed by atoms with van der Waals surface area (Å²) in [5.41, 5.74) is 6.16. The Hall–Kier alpha value is -2.91. The average Bonchev–Trinajstić information content (AvgIpc) is 2.94. The van der Waals surface area contributed by atoms with Crippen molar-refractivity contribution in [3.63, 3.8) is 0 Å². The van der Waals surface area contributed by atoms with Crippen molar-refractivity contribution in [2.75, 3.05) is 18.1 Å². The van der Waals surface area contributed by atoms with Gasteiger partial charge in [0.15, 0.2) is 22.4 Å². The second kappa shape index (κ2) is 9.06. The van der Waals surface area contributed by atoms with E-state index >= 15 is 0 Å². The van der Waals surface area contributed by atoms with Gasteiger partial charge in [-0.2, -0.15) is 0 Å². The number of amides is 2. The molecule has 2 aromatic rings. The molecule has 1 heterocycles. The van der Waals surface area contributed by atoms with E-state index in [-0.39, 0.29) is 12.5 Å². The number of ether oxygens (including phenoxy) is 2. The third-order valence-electron chi connectivity index (χ3n) is 3.80. The van der Waals surface area contributed by atoms with Gasteiger partial charge >= 0.3 is 0 Å². The van der Waals surface area contributed by atoms with Gasteiger partial charge in [0, 0.05) is 0 Å². The molecule has 0 radical (unpaired) electrons. The Bertz CT molecular complexity index is 1010. The molecule has 0 aromatic heterocycles. The predicted molar refractivity (Wildman–Crippen MR) is 114 cm³/mol. The summed E-state index contributed by atoms with van der Waals surface area (Å²) >= 11 is 6.43. The van der Waals surface area contributed by atoms with Crippen molar-refractivity contribution in [2.24, 2.45) is 5.73 Å². The minimum absolute atomic E-state index is 0.272. The van der Waals surface area contributed by atoms with E-state index in [2.05, 4.69) is 0 Å². The van der Waals surface area contributed by atoms with Crippen molar-refractivity contribution in [1.29, 1.82) is 0 Å². The van der Waals surface area contributed by atoms with Crippen LogP contribution < -0.4 is 20.1 Å². The Labute approximate surface area is 176 Å². The molecule has 0 saturated carbocycles. The van der Waals surface area contributed by atoms with Gasteiger partial charge in [0.25, 0.3) is 11.8 Å². The number of carbonyl (C=O) groups excluding carboxylic acids is 2. The molecule has 0 aliphatic carbocycles. The Morgan fingerprint density at radius 1 is 1.24 bits per heavy atom. The highest BCUT2D eigenvalue weighted by Crippen LogP contribution is 2.37. The van der Waals surface area contributed by atoms with Gasteiger partial charge in [0.05, 0.1) is 17.2 Å². The van der Waals surface area contributed by atoms with Crippen LogP contribution in [0.2, 0.25) is 0 Å². The molecule has 150 valence electrons. The van der Waals surface area contributed by atoms with E-state index in [0.29, 0.717) is 38.6 Å². The topological polar surface area (TPSA) is 81.9 Å². The first kappa shape index (κ1) is 20.8. The molecule has 2 N–H and O–H groups in total. The number of hydrogen-bond donors (Lipinski definition) is 1. The lowest BCUT2D eigenvalue weighted by atomic mass is 10.1. The van der Waals surface area contributed by atoms with Gasteiger partial charge in [-0.25, -0.2) is 4.39 Å². The van der Waals surface area contributed by atoms with Crippen molar-refractivity contribution >= 4 is 51.9 Å². The number of anilines is 1. The predicted octanol–water partition coefficient (Wildman–Crippen LogP) is 3.49. The number of thioether (sulfide) groups is 1. The van der Waals surface area contributed by atoms with E-state index in [1.807, 2.05) is 6.92 Å². The van der Waals surface area contributed by atoms with Crippen LogP contribution in [0.1, 0.15) is 12.5 Å². The van der Waals surface area contributed by atoms with Gasteiger partial charge in [0.2, 0.25) is 0 Å². The summed E-state index contributed by atoms with van der Waals surface area (Å²) in [5.74, 6) is -0.596. The van der Waals surface area contributed by atoms with Crippen molar-refractivity contribution in [1.82, 2.24) is 0 Å². The first-order valence-electron chi connectivity index (χ1n) is 8.60. The fourth-order valence-corrected chi connectivity index (χ4v) is 3.91. The number of halogens is 1. The lowest BCUT2D eigenvalue weighted by Gasteiger charge is -2.14. The summed E-state index contributed by atoms with van der Waals surface area (Å²) in [6, 6.07) is 10.7. The van der Waals surface area contributed by atoms with Gasteiger partial charge in [-0.3, -0.25) is 14.5 Å². The molecular formula is C20H17FN2O4S2. The molecule has 0 atom stereocenters. The average molecular weight is 432 g/mol. The maximum absolute atomic E-state index is 13.5. The molecule has 2 aromatic carbocycles. The minimum atomic E-state index is -0.599. The summed E-state index contributed by atoms with van der Waals surface area (Å²) in [7, 11) is 0. The smallest absolute Gasteiger partial charge is 0.270 e. The minimum Gasteiger partial charge on any atom is -0.490 e. The van der Waals surface area contributed by atoms with Crippen molar-refractivity contribution in [3.8, 4) is 11.5 Å². The lowest BCUT2D eigenvalue weighted by molar-refractivity contribution is -0.120. The summed E-state index contributed by atoms with van der Waals surface area (Å²) in [4.78, 5) is 25.4. The standard InChI is InChI=1S/C20H17FN2O4S2/c1-2-26-16-8-12(6-7-15(16)27-11-18(22)24)9-17-19(25)23(20(28)29-17)14-5-3-4-13(21)10-14/h3-10H,2,11H2,1H3,(H2,22,24)/b17-9+. The summed E-state index contributed by atoms with van der Waals surface area (Å²) in [6.45, 7) is 1.93. The highest BCUT2D eigenvalue weighted by Gasteiger charge is 2.33. The highest BCUT2D eigenvalue weighted by molar-refractivity contribution is 8.27. The van der Waals surface area contributed by atoms with E-state index in [1.165, 1.54) is 23.1 Å². The van der Waals surface area contributed by atoms with E-state index in [4.69, 9.17) is 27.4 Å². The highest BCUT2D eigenvalue weighted by atomic mass is 32.2. The molecule has 1 aliphatic heterocycles. The largest absolute Gasteiger partial charge is 0.490 e. The Morgan fingerprint density at radius 3 is 2.72 bits per heavy atom. The van der Waals surface area contributed by atoms with Crippen LogP contribution in [0.4, 0.5) is 10.1 Å². The number of hydrogen-bond acceptors (Lipinski definition) is 6. The van der Waals surface area contributed by atoms with Crippen molar-refractivity contribution in [3.05, 3.63) is 58.8 Å². The molecule has 0 unspecified atom stereocenters. The molecule has 2 amide bonds. The Kier molecular flexibility index (Phi) is 6.50. The van der Waals surface area contributed by atoms with Crippen LogP contribution in [0.3, 0.4) is 0 Å². The molecule has 6 nitrogen and oxygen atoms in total. The summed E-state index contributed by atoms with van der Waals surface area (Å²) in [5, 5.41) is 0. The fraction of sp³-hybridized carbons (Fsp3) is 0.150. The monoisotopic (exact) mass is 432 g/mol. The van der Waals surface area contributed by atoms with Crippen LogP contribution >= 0.6 is 24.0 Å². The SMILES string of the molecule is CCOc1cc(/C=C2/SC(=S)N(c3cccc(F)c3)C2=O)ccc1OCC(N)=O. The first-order valence-corrected chi connectivity index (χ1v) is 9.83. The maximum Gasteiger partial charge on any atom is 0.270 e. The quantitative estimate of drug-likeness (QED) is 0.533. The van der Waals surface area contributed by atoms with Gasteiger partial charge in [-0.15, -0.1) is 0 Å². The Balaban J connectivity index is 1.87. The van der Waals surface area contributed by atoms with Crippen LogP contribution in [-0.4, -0.2) is 29.3 Å². The number of benzene rings is 2. The second-order valence-electron chi connectivity index (χ2n) is 5.89. The second-order valence-corrected chi connectivity index (χ2v) is 7.57. The molecule has 29 heavy (non-hydrogen) atoms. The number of nitrogens with two attached hydrogens (primary N) is 1. The number of nitrogens with zero attached hydrogens (tertiary/aromatic N) is 1. The Morgan fingerprint density at radius 2 is 2.03 bits per heavy atom. The third-order valence-corrected chi connectivity index (χ3v) is 5.10. The van der Waals surface area contributed by atoms with Gasteiger partial charge in [-0.1, -0.05) is 36.1 Å². The van der Waals surface area contributed by atoms with E-state index < -0.39 is 11.7 Å². The zero-order valence-electron chi connectivity index (χ0n) is 15.4. The molecule has 1 fully saturated rings. The zero-order chi connectivity index (χ0) is 21.0. The van der Waals surface area contributed by atoms with Crippen LogP contribution in [0.5, 0.6) is 11.5 Å². The van der Waals surface area contributed by atoms with Gasteiger partial charge in [-0.05, 0) is 48.9 Å². The van der Waals surface area contributed by atoms with E-state index in [1.54, 1.807) is 30.3 Å². The van der Waals surface area contributed by atoms with Crippen LogP contribution in [-0.2, 0) is 9.59 Å². The van der Waals surface area contributed by atoms with Crippen molar-refractivity contribution in [2.45, 2.75) is 6.92 Å². The summed E-state index contributed by atoms with van der Waals surface area (Å²) < 4.78 is 24.7. The number of primary amides is 1. The molecule has 0 bridgehead atoms. The molecule has 1 aliphatic rings. The molecule has 1 saturated heterocycles. The fourth-order valence-electron chi connectivity index (χ4n) is 2.61. The normalized spacial score (nSPS) is 15.1. The van der Waals surface area contributed by atoms with Gasteiger partial charge < -0.3 is 15.2 Å². The molecule has 3 rings (SSSR count). The molecule has 9 heteroatoms. The molecule has 0 spiro atoms.